The zero-order valence-electron chi connectivity index (χ0n) is 11.1. The van der Waals surface area contributed by atoms with E-state index in [4.69, 9.17) is 4.74 Å². The summed E-state index contributed by atoms with van der Waals surface area (Å²) in [7, 11) is 0. The summed E-state index contributed by atoms with van der Waals surface area (Å²) in [5.74, 6) is 0. The Hall–Kier alpha value is -1.38. The third-order valence-electron chi connectivity index (χ3n) is 4.42. The Balaban J connectivity index is 1.74. The Morgan fingerprint density at radius 1 is 1.05 bits per heavy atom. The van der Waals surface area contributed by atoms with Crippen molar-refractivity contribution in [3.63, 3.8) is 0 Å². The van der Waals surface area contributed by atoms with Gasteiger partial charge in [-0.2, -0.15) is 0 Å². The van der Waals surface area contributed by atoms with Crippen LogP contribution in [0.25, 0.3) is 10.8 Å². The summed E-state index contributed by atoms with van der Waals surface area (Å²) < 4.78 is 5.55. The van der Waals surface area contributed by atoms with Crippen molar-refractivity contribution in [1.82, 2.24) is 5.32 Å². The molecule has 2 aromatic rings. The molecule has 2 aliphatic rings. The van der Waals surface area contributed by atoms with E-state index in [0.717, 1.165) is 25.8 Å². The predicted molar refractivity (Wildman–Crippen MR) is 77.5 cm³/mol. The Bertz CT molecular complexity index is 594. The third-order valence-corrected chi connectivity index (χ3v) is 4.42. The van der Waals surface area contributed by atoms with Crippen LogP contribution in [0.4, 0.5) is 0 Å². The van der Waals surface area contributed by atoms with Gasteiger partial charge in [0.2, 0.25) is 0 Å². The van der Waals surface area contributed by atoms with Crippen molar-refractivity contribution in [3.05, 3.63) is 48.0 Å². The first-order valence-electron chi connectivity index (χ1n) is 7.17. The molecule has 1 saturated carbocycles. The van der Waals surface area contributed by atoms with Crippen LogP contribution in [0.15, 0.2) is 42.5 Å². The standard InChI is InChI=1S/C17H19NO/c1-2-6-15-13(4-1)5-3-7-16(15)17(11-19-12-17)10-18-14-8-9-14/h1-7,14,18H,8-12H2. The van der Waals surface area contributed by atoms with Gasteiger partial charge in [0.25, 0.3) is 0 Å². The first kappa shape index (κ1) is 11.4. The van der Waals surface area contributed by atoms with Crippen LogP contribution < -0.4 is 5.32 Å². The fourth-order valence-electron chi connectivity index (χ4n) is 3.02. The minimum absolute atomic E-state index is 0.184. The minimum atomic E-state index is 0.184. The maximum atomic E-state index is 5.55. The quantitative estimate of drug-likeness (QED) is 0.904. The van der Waals surface area contributed by atoms with Gasteiger partial charge in [0.1, 0.15) is 0 Å². The number of ether oxygens (including phenoxy) is 1. The average molecular weight is 253 g/mol. The van der Waals surface area contributed by atoms with Gasteiger partial charge in [-0.3, -0.25) is 0 Å². The summed E-state index contributed by atoms with van der Waals surface area (Å²) >= 11 is 0. The summed E-state index contributed by atoms with van der Waals surface area (Å²) in [6.07, 6.45) is 2.68. The second-order valence-electron chi connectivity index (χ2n) is 5.96. The largest absolute Gasteiger partial charge is 0.379 e. The van der Waals surface area contributed by atoms with E-state index in [9.17, 15) is 0 Å². The monoisotopic (exact) mass is 253 g/mol. The van der Waals surface area contributed by atoms with Crippen LogP contribution >= 0.6 is 0 Å². The highest BCUT2D eigenvalue weighted by atomic mass is 16.5. The van der Waals surface area contributed by atoms with E-state index in [1.807, 2.05) is 0 Å². The van der Waals surface area contributed by atoms with Crippen molar-refractivity contribution >= 4 is 10.8 Å². The Labute approximate surface area is 113 Å². The summed E-state index contributed by atoms with van der Waals surface area (Å²) in [4.78, 5) is 0. The van der Waals surface area contributed by atoms with Gasteiger partial charge in [0, 0.05) is 12.6 Å². The van der Waals surface area contributed by atoms with Gasteiger partial charge in [0.05, 0.1) is 18.6 Å². The van der Waals surface area contributed by atoms with Crippen molar-refractivity contribution in [2.75, 3.05) is 19.8 Å². The molecule has 1 aliphatic carbocycles. The first-order valence-corrected chi connectivity index (χ1v) is 7.17. The number of benzene rings is 2. The zero-order chi connectivity index (χ0) is 12.7. The third kappa shape index (κ3) is 1.96. The molecule has 98 valence electrons. The molecule has 1 N–H and O–H groups in total. The van der Waals surface area contributed by atoms with Gasteiger partial charge in [-0.1, -0.05) is 42.5 Å². The van der Waals surface area contributed by atoms with Gasteiger partial charge in [0.15, 0.2) is 0 Å². The predicted octanol–water partition coefficient (Wildman–Crippen LogP) is 2.86. The SMILES string of the molecule is c1ccc2c(C3(CNC4CC4)COC3)cccc2c1. The lowest BCUT2D eigenvalue weighted by Gasteiger charge is -2.43. The van der Waals surface area contributed by atoms with Crippen molar-refractivity contribution in [1.29, 1.82) is 0 Å². The Morgan fingerprint density at radius 2 is 1.84 bits per heavy atom. The first-order chi connectivity index (χ1) is 9.37. The molecule has 2 fully saturated rings. The highest BCUT2D eigenvalue weighted by molar-refractivity contribution is 5.86. The van der Waals surface area contributed by atoms with Gasteiger partial charge < -0.3 is 10.1 Å². The molecule has 0 bridgehead atoms. The molecular weight excluding hydrogens is 234 g/mol. The molecule has 0 radical (unpaired) electrons. The van der Waals surface area contributed by atoms with Gasteiger partial charge in [-0.05, 0) is 29.2 Å². The molecule has 2 heteroatoms. The lowest BCUT2D eigenvalue weighted by Crippen LogP contribution is -2.53. The van der Waals surface area contributed by atoms with Crippen LogP contribution in [-0.4, -0.2) is 25.8 Å². The van der Waals surface area contributed by atoms with Gasteiger partial charge in [-0.15, -0.1) is 0 Å². The number of rotatable bonds is 4. The van der Waals surface area contributed by atoms with Crippen LogP contribution in [0.5, 0.6) is 0 Å². The van der Waals surface area contributed by atoms with E-state index in [-0.39, 0.29) is 5.41 Å². The summed E-state index contributed by atoms with van der Waals surface area (Å²) in [6, 6.07) is 16.1. The minimum Gasteiger partial charge on any atom is -0.379 e. The van der Waals surface area contributed by atoms with Gasteiger partial charge >= 0.3 is 0 Å². The van der Waals surface area contributed by atoms with Crippen molar-refractivity contribution in [2.45, 2.75) is 24.3 Å². The lowest BCUT2D eigenvalue weighted by molar-refractivity contribution is -0.0584. The molecule has 0 amide bonds. The highest BCUT2D eigenvalue weighted by Crippen LogP contribution is 2.37. The van der Waals surface area contributed by atoms with Crippen LogP contribution in [0.2, 0.25) is 0 Å². The normalized spacial score (nSPS) is 21.3. The number of hydrogen-bond acceptors (Lipinski definition) is 2. The molecule has 0 atom stereocenters. The molecule has 0 aromatic heterocycles. The Kier molecular flexibility index (Phi) is 2.61. The van der Waals surface area contributed by atoms with Crippen molar-refractivity contribution < 1.29 is 4.74 Å². The summed E-state index contributed by atoms with van der Waals surface area (Å²) in [5, 5.41) is 6.39. The Morgan fingerprint density at radius 3 is 2.58 bits per heavy atom. The van der Waals surface area contributed by atoms with E-state index in [0.29, 0.717) is 0 Å². The number of hydrogen-bond donors (Lipinski definition) is 1. The molecule has 4 rings (SSSR count). The molecular formula is C17H19NO. The van der Waals surface area contributed by atoms with Crippen LogP contribution in [-0.2, 0) is 10.2 Å². The lowest BCUT2D eigenvalue weighted by atomic mass is 9.76. The number of fused-ring (bicyclic) bond motifs is 1. The maximum absolute atomic E-state index is 5.55. The molecule has 0 spiro atoms. The average Bonchev–Trinajstić information content (AvgIpc) is 3.22. The molecule has 2 aromatic carbocycles. The smallest absolute Gasteiger partial charge is 0.0598 e. The second kappa shape index (κ2) is 4.32. The molecule has 2 nitrogen and oxygen atoms in total. The molecule has 19 heavy (non-hydrogen) atoms. The molecule has 1 saturated heterocycles. The van der Waals surface area contributed by atoms with E-state index in [2.05, 4.69) is 47.8 Å². The fourth-order valence-corrected chi connectivity index (χ4v) is 3.02. The second-order valence-corrected chi connectivity index (χ2v) is 5.96. The summed E-state index contributed by atoms with van der Waals surface area (Å²) in [5.41, 5.74) is 1.63. The zero-order valence-corrected chi connectivity index (χ0v) is 11.1. The topological polar surface area (TPSA) is 21.3 Å². The van der Waals surface area contributed by atoms with Gasteiger partial charge in [-0.25, -0.2) is 0 Å². The maximum Gasteiger partial charge on any atom is 0.0598 e. The van der Waals surface area contributed by atoms with E-state index < -0.39 is 0 Å². The molecule has 0 unspecified atom stereocenters. The van der Waals surface area contributed by atoms with E-state index in [1.54, 1.807) is 0 Å². The molecule has 1 aliphatic heterocycles. The van der Waals surface area contributed by atoms with Crippen LogP contribution in [0.1, 0.15) is 18.4 Å². The van der Waals surface area contributed by atoms with E-state index in [1.165, 1.54) is 29.2 Å². The van der Waals surface area contributed by atoms with Crippen molar-refractivity contribution in [2.24, 2.45) is 0 Å². The molecule has 1 heterocycles. The highest BCUT2D eigenvalue weighted by Gasteiger charge is 2.42. The van der Waals surface area contributed by atoms with Crippen LogP contribution in [0, 0.1) is 0 Å². The fraction of sp³-hybridized carbons (Fsp3) is 0.412. The number of nitrogens with one attached hydrogen (secondary N) is 1. The van der Waals surface area contributed by atoms with E-state index >= 15 is 0 Å². The van der Waals surface area contributed by atoms with Crippen molar-refractivity contribution in [3.8, 4) is 0 Å². The van der Waals surface area contributed by atoms with Crippen LogP contribution in [0.3, 0.4) is 0 Å². The summed E-state index contributed by atoms with van der Waals surface area (Å²) in [6.45, 7) is 2.74.